The molecule has 0 aliphatic heterocycles. The molecule has 1 aromatic heterocycles. The molecule has 118 valence electrons. The molecule has 0 unspecified atom stereocenters. The number of aromatic nitrogens is 2. The van der Waals surface area contributed by atoms with Gasteiger partial charge in [0.25, 0.3) is 0 Å². The summed E-state index contributed by atoms with van der Waals surface area (Å²) in [5, 5.41) is 4.50. The first-order chi connectivity index (χ1) is 11.7. The van der Waals surface area contributed by atoms with Crippen molar-refractivity contribution in [1.29, 1.82) is 0 Å². The summed E-state index contributed by atoms with van der Waals surface area (Å²) >= 11 is 6.06. The van der Waals surface area contributed by atoms with Crippen LogP contribution in [-0.2, 0) is 0 Å². The van der Waals surface area contributed by atoms with Crippen LogP contribution in [0, 0.1) is 0 Å². The van der Waals surface area contributed by atoms with E-state index in [1.807, 2.05) is 36.4 Å². The molecule has 0 spiro atoms. The number of rotatable bonds is 2. The molecule has 0 aliphatic carbocycles. The number of halogens is 1. The number of hydrogen-bond acceptors (Lipinski definition) is 4. The van der Waals surface area contributed by atoms with Crippen molar-refractivity contribution in [2.24, 2.45) is 0 Å². The number of benzene rings is 3. The zero-order valence-electron chi connectivity index (χ0n) is 13.0. The van der Waals surface area contributed by atoms with Crippen molar-refractivity contribution in [2.45, 2.75) is 0 Å². The Balaban J connectivity index is 2.27. The molecule has 5 heteroatoms. The lowest BCUT2D eigenvalue weighted by atomic mass is 9.94. The van der Waals surface area contributed by atoms with Crippen LogP contribution in [0.5, 0.6) is 5.75 Å². The van der Waals surface area contributed by atoms with E-state index in [4.69, 9.17) is 22.1 Å². The summed E-state index contributed by atoms with van der Waals surface area (Å²) in [4.78, 5) is 8.55. The van der Waals surface area contributed by atoms with Crippen LogP contribution in [0.25, 0.3) is 32.8 Å². The van der Waals surface area contributed by atoms with Crippen LogP contribution in [0.15, 0.2) is 54.7 Å². The van der Waals surface area contributed by atoms with Gasteiger partial charge in [0.15, 0.2) is 0 Å². The monoisotopic (exact) mass is 335 g/mol. The van der Waals surface area contributed by atoms with Gasteiger partial charge in [-0.1, -0.05) is 60.1 Å². The maximum Gasteiger partial charge on any atom is 0.150 e. The van der Waals surface area contributed by atoms with Gasteiger partial charge < -0.3 is 10.5 Å². The highest BCUT2D eigenvalue weighted by molar-refractivity contribution is 6.29. The predicted molar refractivity (Wildman–Crippen MR) is 98.5 cm³/mol. The zero-order valence-corrected chi connectivity index (χ0v) is 13.7. The third-order valence-electron chi connectivity index (χ3n) is 4.10. The highest BCUT2D eigenvalue weighted by Crippen LogP contribution is 2.44. The van der Waals surface area contributed by atoms with Gasteiger partial charge in [-0.25, -0.2) is 9.97 Å². The highest BCUT2D eigenvalue weighted by Gasteiger charge is 2.20. The number of nitrogens with zero attached hydrogens (tertiary/aromatic N) is 2. The molecule has 0 atom stereocenters. The molecule has 0 saturated heterocycles. The van der Waals surface area contributed by atoms with Crippen molar-refractivity contribution < 1.29 is 4.74 Å². The second kappa shape index (κ2) is 5.65. The van der Waals surface area contributed by atoms with E-state index in [9.17, 15) is 0 Å². The van der Waals surface area contributed by atoms with Gasteiger partial charge in [-0.15, -0.1) is 0 Å². The van der Waals surface area contributed by atoms with Crippen molar-refractivity contribution in [2.75, 3.05) is 12.8 Å². The minimum Gasteiger partial charge on any atom is -0.495 e. The van der Waals surface area contributed by atoms with E-state index in [1.165, 1.54) is 6.20 Å². The van der Waals surface area contributed by atoms with E-state index in [2.05, 4.69) is 22.1 Å². The third-order valence-corrected chi connectivity index (χ3v) is 4.28. The zero-order chi connectivity index (χ0) is 16.7. The summed E-state index contributed by atoms with van der Waals surface area (Å²) < 4.78 is 5.75. The Labute approximate surface area is 143 Å². The third kappa shape index (κ3) is 2.15. The van der Waals surface area contributed by atoms with Crippen LogP contribution in [-0.4, -0.2) is 17.1 Å². The SMILES string of the molecule is COc1c(-c2nc(Cl)cnc2N)c2ccccc2c2ccccc12. The predicted octanol–water partition coefficient (Wildman–Crippen LogP) is 4.69. The topological polar surface area (TPSA) is 61.0 Å². The number of ether oxygens (including phenoxy) is 1. The molecule has 0 aliphatic rings. The molecule has 0 saturated carbocycles. The summed E-state index contributed by atoms with van der Waals surface area (Å²) in [6, 6.07) is 16.2. The van der Waals surface area contributed by atoms with Crippen molar-refractivity contribution in [3.8, 4) is 17.0 Å². The largest absolute Gasteiger partial charge is 0.495 e. The van der Waals surface area contributed by atoms with Gasteiger partial charge in [0.05, 0.1) is 18.9 Å². The van der Waals surface area contributed by atoms with Crippen LogP contribution in [0.3, 0.4) is 0 Å². The fraction of sp³-hybridized carbons (Fsp3) is 0.0526. The van der Waals surface area contributed by atoms with Crippen molar-refractivity contribution in [3.63, 3.8) is 0 Å². The van der Waals surface area contributed by atoms with Gasteiger partial charge in [-0.05, 0) is 16.2 Å². The summed E-state index contributed by atoms with van der Waals surface area (Å²) in [7, 11) is 1.65. The Morgan fingerprint density at radius 2 is 1.50 bits per heavy atom. The van der Waals surface area contributed by atoms with Crippen LogP contribution in [0.2, 0.25) is 5.15 Å². The van der Waals surface area contributed by atoms with E-state index in [0.717, 1.165) is 27.1 Å². The summed E-state index contributed by atoms with van der Waals surface area (Å²) in [5.74, 6) is 1.03. The number of anilines is 1. The Morgan fingerprint density at radius 1 is 0.917 bits per heavy atom. The van der Waals surface area contributed by atoms with Crippen LogP contribution < -0.4 is 10.5 Å². The van der Waals surface area contributed by atoms with Crippen molar-refractivity contribution >= 4 is 39.0 Å². The smallest absolute Gasteiger partial charge is 0.150 e. The lowest BCUT2D eigenvalue weighted by Gasteiger charge is -2.16. The van der Waals surface area contributed by atoms with Gasteiger partial charge in [-0.2, -0.15) is 0 Å². The Morgan fingerprint density at radius 3 is 2.17 bits per heavy atom. The molecule has 4 aromatic rings. The number of nitrogen functional groups attached to an aromatic ring is 1. The summed E-state index contributed by atoms with van der Waals surface area (Å²) in [6.07, 6.45) is 1.44. The average molecular weight is 336 g/mol. The standard InChI is InChI=1S/C19H14ClN3O/c1-24-18-14-9-5-3-7-12(14)11-6-2-4-8-13(11)16(18)17-19(21)22-10-15(20)23-17/h2-10H,1H3,(H2,21,22). The molecular formula is C19H14ClN3O. The minimum atomic E-state index is 0.290. The van der Waals surface area contributed by atoms with Crippen molar-refractivity contribution in [3.05, 3.63) is 59.9 Å². The summed E-state index contributed by atoms with van der Waals surface area (Å²) in [6.45, 7) is 0. The van der Waals surface area contributed by atoms with E-state index in [1.54, 1.807) is 7.11 Å². The Hall–Kier alpha value is -2.85. The van der Waals surface area contributed by atoms with Gasteiger partial charge in [0.2, 0.25) is 0 Å². The molecule has 2 N–H and O–H groups in total. The molecule has 4 nitrogen and oxygen atoms in total. The quantitative estimate of drug-likeness (QED) is 0.540. The first-order valence-electron chi connectivity index (χ1n) is 7.46. The first-order valence-corrected chi connectivity index (χ1v) is 7.84. The number of hydrogen-bond donors (Lipinski definition) is 1. The molecule has 0 amide bonds. The lowest BCUT2D eigenvalue weighted by molar-refractivity contribution is 0.421. The molecule has 0 bridgehead atoms. The second-order valence-electron chi connectivity index (χ2n) is 5.43. The van der Waals surface area contributed by atoms with Gasteiger partial charge in [-0.3, -0.25) is 0 Å². The average Bonchev–Trinajstić information content (AvgIpc) is 2.62. The van der Waals surface area contributed by atoms with Gasteiger partial charge >= 0.3 is 0 Å². The molecule has 24 heavy (non-hydrogen) atoms. The first kappa shape index (κ1) is 14.7. The lowest BCUT2D eigenvalue weighted by Crippen LogP contribution is -2.00. The highest BCUT2D eigenvalue weighted by atomic mass is 35.5. The number of methoxy groups -OCH3 is 1. The van der Waals surface area contributed by atoms with E-state index in [0.29, 0.717) is 22.4 Å². The van der Waals surface area contributed by atoms with Crippen LogP contribution in [0.4, 0.5) is 5.82 Å². The fourth-order valence-electron chi connectivity index (χ4n) is 3.12. The van der Waals surface area contributed by atoms with Crippen LogP contribution in [0.1, 0.15) is 0 Å². The second-order valence-corrected chi connectivity index (χ2v) is 5.81. The maximum atomic E-state index is 6.09. The van der Waals surface area contributed by atoms with Gasteiger partial charge in [0.1, 0.15) is 22.4 Å². The van der Waals surface area contributed by atoms with Gasteiger partial charge in [0, 0.05) is 5.39 Å². The fourth-order valence-corrected chi connectivity index (χ4v) is 3.25. The Bertz CT molecular complexity index is 1080. The molecule has 4 rings (SSSR count). The van der Waals surface area contributed by atoms with E-state index >= 15 is 0 Å². The molecular weight excluding hydrogens is 322 g/mol. The molecule has 1 heterocycles. The number of fused-ring (bicyclic) bond motifs is 3. The minimum absolute atomic E-state index is 0.290. The van der Waals surface area contributed by atoms with E-state index < -0.39 is 0 Å². The van der Waals surface area contributed by atoms with E-state index in [-0.39, 0.29) is 0 Å². The summed E-state index contributed by atoms with van der Waals surface area (Å²) in [5.41, 5.74) is 7.43. The van der Waals surface area contributed by atoms with Crippen LogP contribution >= 0.6 is 11.6 Å². The maximum absolute atomic E-state index is 6.09. The molecule has 0 fully saturated rings. The number of nitrogens with two attached hydrogens (primary N) is 1. The normalized spacial score (nSPS) is 11.1. The Kier molecular flexibility index (Phi) is 3.47. The van der Waals surface area contributed by atoms with Crippen molar-refractivity contribution in [1.82, 2.24) is 9.97 Å². The molecule has 0 radical (unpaired) electrons. The molecule has 3 aromatic carbocycles.